The van der Waals surface area contributed by atoms with E-state index in [1.165, 1.54) is 0 Å². The van der Waals surface area contributed by atoms with E-state index in [2.05, 4.69) is 5.32 Å². The van der Waals surface area contributed by atoms with Crippen molar-refractivity contribution in [1.82, 2.24) is 0 Å². The van der Waals surface area contributed by atoms with Gasteiger partial charge in [0.25, 0.3) is 0 Å². The van der Waals surface area contributed by atoms with Crippen LogP contribution in [0, 0.1) is 5.41 Å². The molecule has 2 N–H and O–H groups in total. The van der Waals surface area contributed by atoms with Gasteiger partial charge in [-0.2, -0.15) is 0 Å². The van der Waals surface area contributed by atoms with Gasteiger partial charge in [0.15, 0.2) is 0 Å². The second-order valence-corrected chi connectivity index (χ2v) is 5.54. The molecule has 21 heavy (non-hydrogen) atoms. The molecule has 0 unspecified atom stereocenters. The first-order valence-corrected chi connectivity index (χ1v) is 7.32. The van der Waals surface area contributed by atoms with Crippen LogP contribution in [0.5, 0.6) is 5.75 Å². The van der Waals surface area contributed by atoms with E-state index in [9.17, 15) is 14.7 Å². The number of nitrogens with one attached hydrogen (secondary N) is 1. The van der Waals surface area contributed by atoms with E-state index in [1.807, 2.05) is 13.0 Å². The van der Waals surface area contributed by atoms with Crippen LogP contribution >= 0.6 is 0 Å². The van der Waals surface area contributed by atoms with E-state index in [0.717, 1.165) is 12.8 Å². The summed E-state index contributed by atoms with van der Waals surface area (Å²) in [5.74, 6) is -0.431. The highest BCUT2D eigenvalue weighted by Crippen LogP contribution is 2.44. The quantitative estimate of drug-likeness (QED) is 0.809. The molecular formula is C16H21NO4. The Bertz CT molecular complexity index is 523. The maximum atomic E-state index is 12.0. The van der Waals surface area contributed by atoms with Crippen LogP contribution in [0.1, 0.15) is 39.0 Å². The molecule has 0 radical (unpaired) electrons. The molecule has 1 amide bonds. The van der Waals surface area contributed by atoms with Crippen LogP contribution < -0.4 is 10.1 Å². The molecule has 1 aromatic carbocycles. The van der Waals surface area contributed by atoms with Gasteiger partial charge < -0.3 is 15.2 Å². The summed E-state index contributed by atoms with van der Waals surface area (Å²) in [6, 6.07) is 7.15. The van der Waals surface area contributed by atoms with Crippen molar-refractivity contribution < 1.29 is 19.4 Å². The minimum atomic E-state index is -0.871. The highest BCUT2D eigenvalue weighted by Gasteiger charge is 2.45. The van der Waals surface area contributed by atoms with Crippen LogP contribution in [0.4, 0.5) is 5.69 Å². The lowest BCUT2D eigenvalue weighted by Crippen LogP contribution is -2.41. The van der Waals surface area contributed by atoms with E-state index in [0.29, 0.717) is 30.9 Å². The van der Waals surface area contributed by atoms with Gasteiger partial charge in [0.1, 0.15) is 5.75 Å². The summed E-state index contributed by atoms with van der Waals surface area (Å²) in [6.07, 6.45) is 2.98. The summed E-state index contributed by atoms with van der Waals surface area (Å²) < 4.78 is 5.50. The second kappa shape index (κ2) is 6.61. The van der Waals surface area contributed by atoms with Crippen LogP contribution in [0.2, 0.25) is 0 Å². The predicted molar refractivity (Wildman–Crippen MR) is 79.4 cm³/mol. The normalized spacial score (nSPS) is 15.9. The lowest BCUT2D eigenvalue weighted by molar-refractivity contribution is -0.157. The topological polar surface area (TPSA) is 75.6 Å². The van der Waals surface area contributed by atoms with Crippen molar-refractivity contribution in [1.29, 1.82) is 0 Å². The summed E-state index contributed by atoms with van der Waals surface area (Å²) in [5, 5.41) is 12.0. The van der Waals surface area contributed by atoms with Crippen molar-refractivity contribution in [3.8, 4) is 5.75 Å². The molecule has 0 aromatic heterocycles. The number of rotatable bonds is 7. The van der Waals surface area contributed by atoms with Crippen molar-refractivity contribution >= 4 is 17.6 Å². The lowest BCUT2D eigenvalue weighted by atomic mass is 9.66. The van der Waals surface area contributed by atoms with E-state index in [1.54, 1.807) is 18.2 Å². The van der Waals surface area contributed by atoms with Crippen molar-refractivity contribution in [2.24, 2.45) is 5.41 Å². The van der Waals surface area contributed by atoms with Crippen LogP contribution in [-0.4, -0.2) is 23.6 Å². The number of carbonyl (C=O) groups is 2. The average Bonchev–Trinajstić information content (AvgIpc) is 2.40. The van der Waals surface area contributed by atoms with E-state index in [-0.39, 0.29) is 12.3 Å². The number of hydrogen-bond donors (Lipinski definition) is 2. The standard InChI is InChI=1S/C16H21NO4/c1-2-9-21-13-6-3-5-12(10-13)17-14(18)11-16(15(19)20)7-4-8-16/h3,5-6,10H,2,4,7-9,11H2,1H3,(H,17,18)(H,19,20). The largest absolute Gasteiger partial charge is 0.494 e. The Morgan fingerprint density at radius 2 is 2.14 bits per heavy atom. The zero-order valence-electron chi connectivity index (χ0n) is 12.2. The number of hydrogen-bond acceptors (Lipinski definition) is 3. The zero-order valence-corrected chi connectivity index (χ0v) is 12.2. The Hall–Kier alpha value is -2.04. The summed E-state index contributed by atoms with van der Waals surface area (Å²) in [7, 11) is 0. The number of amides is 1. The van der Waals surface area contributed by atoms with Crippen LogP contribution in [0.3, 0.4) is 0 Å². The molecule has 1 saturated carbocycles. The van der Waals surface area contributed by atoms with Gasteiger partial charge >= 0.3 is 5.97 Å². The second-order valence-electron chi connectivity index (χ2n) is 5.54. The van der Waals surface area contributed by atoms with Gasteiger partial charge in [-0.05, 0) is 31.4 Å². The molecule has 2 rings (SSSR count). The third-order valence-electron chi connectivity index (χ3n) is 3.85. The first-order valence-electron chi connectivity index (χ1n) is 7.32. The summed E-state index contributed by atoms with van der Waals surface area (Å²) in [5.41, 5.74) is -0.228. The van der Waals surface area contributed by atoms with Crippen LogP contribution in [-0.2, 0) is 9.59 Å². The maximum Gasteiger partial charge on any atom is 0.310 e. The molecule has 0 bridgehead atoms. The Kier molecular flexibility index (Phi) is 4.83. The fourth-order valence-corrected chi connectivity index (χ4v) is 2.47. The van der Waals surface area contributed by atoms with Crippen molar-refractivity contribution in [3.63, 3.8) is 0 Å². The molecule has 1 aliphatic carbocycles. The first-order chi connectivity index (χ1) is 10.1. The SMILES string of the molecule is CCCOc1cccc(NC(=O)CC2(C(=O)O)CCC2)c1. The molecule has 114 valence electrons. The number of anilines is 1. The molecule has 0 aliphatic heterocycles. The van der Waals surface area contributed by atoms with E-state index >= 15 is 0 Å². The van der Waals surface area contributed by atoms with Crippen LogP contribution in [0.15, 0.2) is 24.3 Å². The van der Waals surface area contributed by atoms with Gasteiger partial charge in [-0.25, -0.2) is 0 Å². The summed E-state index contributed by atoms with van der Waals surface area (Å²) in [6.45, 7) is 2.65. The Labute approximate surface area is 124 Å². The third kappa shape index (κ3) is 3.74. The molecule has 1 fully saturated rings. The fourth-order valence-electron chi connectivity index (χ4n) is 2.47. The van der Waals surface area contributed by atoms with Gasteiger partial charge in [0.05, 0.1) is 12.0 Å². The van der Waals surface area contributed by atoms with Gasteiger partial charge in [-0.1, -0.05) is 19.4 Å². The molecular weight excluding hydrogens is 270 g/mol. The number of aliphatic carboxylic acids is 1. The monoisotopic (exact) mass is 291 g/mol. The van der Waals surface area contributed by atoms with E-state index < -0.39 is 11.4 Å². The van der Waals surface area contributed by atoms with Crippen molar-refractivity contribution in [3.05, 3.63) is 24.3 Å². The predicted octanol–water partition coefficient (Wildman–Crippen LogP) is 3.06. The summed E-state index contributed by atoms with van der Waals surface area (Å²) in [4.78, 5) is 23.3. The number of carbonyl (C=O) groups excluding carboxylic acids is 1. The van der Waals surface area contributed by atoms with Gasteiger partial charge in [0.2, 0.25) is 5.91 Å². The molecule has 0 spiro atoms. The maximum absolute atomic E-state index is 12.0. The Morgan fingerprint density at radius 3 is 2.71 bits per heavy atom. The first kappa shape index (κ1) is 15.4. The van der Waals surface area contributed by atoms with Crippen molar-refractivity contribution in [2.75, 3.05) is 11.9 Å². The van der Waals surface area contributed by atoms with Gasteiger partial charge in [0, 0.05) is 18.2 Å². The average molecular weight is 291 g/mol. The Morgan fingerprint density at radius 1 is 1.38 bits per heavy atom. The molecule has 5 heteroatoms. The lowest BCUT2D eigenvalue weighted by Gasteiger charge is -2.36. The van der Waals surface area contributed by atoms with Gasteiger partial charge in [-0.15, -0.1) is 0 Å². The molecule has 0 heterocycles. The minimum Gasteiger partial charge on any atom is -0.494 e. The van der Waals surface area contributed by atoms with Gasteiger partial charge in [-0.3, -0.25) is 9.59 Å². The number of benzene rings is 1. The number of carboxylic acids is 1. The molecule has 0 saturated heterocycles. The number of ether oxygens (including phenoxy) is 1. The zero-order chi connectivity index (χ0) is 15.3. The molecule has 1 aromatic rings. The molecule has 0 atom stereocenters. The number of carboxylic acid groups (broad SMARTS) is 1. The minimum absolute atomic E-state index is 0.0301. The smallest absolute Gasteiger partial charge is 0.310 e. The summed E-state index contributed by atoms with van der Waals surface area (Å²) >= 11 is 0. The highest BCUT2D eigenvalue weighted by molar-refractivity contribution is 5.94. The molecule has 5 nitrogen and oxygen atoms in total. The molecule has 1 aliphatic rings. The van der Waals surface area contributed by atoms with Crippen LogP contribution in [0.25, 0.3) is 0 Å². The van der Waals surface area contributed by atoms with E-state index in [4.69, 9.17) is 4.74 Å². The van der Waals surface area contributed by atoms with Crippen molar-refractivity contribution in [2.45, 2.75) is 39.0 Å². The fraction of sp³-hybridized carbons (Fsp3) is 0.500. The highest BCUT2D eigenvalue weighted by atomic mass is 16.5. The Balaban J connectivity index is 1.95. The third-order valence-corrected chi connectivity index (χ3v) is 3.85.